The SMILES string of the molecule is CNCC#Cc1cccnc1C(F)(F)F. The number of alkyl halides is 3. The average molecular weight is 214 g/mol. The number of rotatable bonds is 1. The van der Waals surface area contributed by atoms with Crippen molar-refractivity contribution in [1.82, 2.24) is 10.3 Å². The molecule has 1 rings (SSSR count). The van der Waals surface area contributed by atoms with Gasteiger partial charge >= 0.3 is 6.18 Å². The van der Waals surface area contributed by atoms with Crippen LogP contribution in [-0.4, -0.2) is 18.6 Å². The molecule has 0 radical (unpaired) electrons. The highest BCUT2D eigenvalue weighted by atomic mass is 19.4. The van der Waals surface area contributed by atoms with Gasteiger partial charge in [-0.15, -0.1) is 0 Å². The number of halogens is 3. The molecule has 0 fully saturated rings. The monoisotopic (exact) mass is 214 g/mol. The van der Waals surface area contributed by atoms with E-state index < -0.39 is 11.9 Å². The predicted octanol–water partition coefficient (Wildman–Crippen LogP) is 1.67. The molecule has 15 heavy (non-hydrogen) atoms. The van der Waals surface area contributed by atoms with Gasteiger partial charge in [-0.3, -0.25) is 4.98 Å². The molecule has 0 spiro atoms. The van der Waals surface area contributed by atoms with Crippen LogP contribution < -0.4 is 5.32 Å². The molecule has 0 aliphatic heterocycles. The first kappa shape index (κ1) is 11.5. The van der Waals surface area contributed by atoms with E-state index in [2.05, 4.69) is 22.1 Å². The molecule has 1 aromatic rings. The quantitative estimate of drug-likeness (QED) is 0.719. The van der Waals surface area contributed by atoms with Gasteiger partial charge in [0.2, 0.25) is 0 Å². The summed E-state index contributed by atoms with van der Waals surface area (Å²) in [5, 5.41) is 2.72. The minimum Gasteiger partial charge on any atom is -0.309 e. The molecule has 5 heteroatoms. The summed E-state index contributed by atoms with van der Waals surface area (Å²) in [5.41, 5.74) is -1.03. The predicted molar refractivity (Wildman–Crippen MR) is 50.0 cm³/mol. The fourth-order valence-electron chi connectivity index (χ4n) is 0.960. The van der Waals surface area contributed by atoms with Crippen LogP contribution in [0.5, 0.6) is 0 Å². The van der Waals surface area contributed by atoms with Crippen molar-refractivity contribution >= 4 is 0 Å². The van der Waals surface area contributed by atoms with Crippen LogP contribution in [0, 0.1) is 11.8 Å². The molecule has 0 bridgehead atoms. The maximum atomic E-state index is 12.4. The lowest BCUT2D eigenvalue weighted by Gasteiger charge is -2.06. The minimum absolute atomic E-state index is 0.0970. The largest absolute Gasteiger partial charge is 0.434 e. The van der Waals surface area contributed by atoms with Gasteiger partial charge < -0.3 is 5.32 Å². The van der Waals surface area contributed by atoms with Crippen LogP contribution in [0.25, 0.3) is 0 Å². The van der Waals surface area contributed by atoms with E-state index in [0.717, 1.165) is 6.20 Å². The molecule has 0 aromatic carbocycles. The fourth-order valence-corrected chi connectivity index (χ4v) is 0.960. The summed E-state index contributed by atoms with van der Waals surface area (Å²) >= 11 is 0. The van der Waals surface area contributed by atoms with Crippen LogP contribution in [0.15, 0.2) is 18.3 Å². The molecule has 0 atom stereocenters. The zero-order valence-electron chi connectivity index (χ0n) is 8.02. The molecule has 2 nitrogen and oxygen atoms in total. The third-order valence-corrected chi connectivity index (χ3v) is 1.56. The minimum atomic E-state index is -4.45. The smallest absolute Gasteiger partial charge is 0.309 e. The van der Waals surface area contributed by atoms with Gasteiger partial charge in [-0.25, -0.2) is 0 Å². The van der Waals surface area contributed by atoms with E-state index in [-0.39, 0.29) is 5.56 Å². The Kier molecular flexibility index (Phi) is 3.69. The normalized spacial score (nSPS) is 10.7. The maximum absolute atomic E-state index is 12.4. The Balaban J connectivity index is 3.04. The molecule has 1 heterocycles. The van der Waals surface area contributed by atoms with Crippen molar-refractivity contribution in [3.8, 4) is 11.8 Å². The van der Waals surface area contributed by atoms with Gasteiger partial charge in [-0.2, -0.15) is 13.2 Å². The van der Waals surface area contributed by atoms with Crippen molar-refractivity contribution in [2.75, 3.05) is 13.6 Å². The van der Waals surface area contributed by atoms with E-state index in [1.165, 1.54) is 12.1 Å². The lowest BCUT2D eigenvalue weighted by Crippen LogP contribution is -2.10. The Morgan fingerprint density at radius 1 is 1.47 bits per heavy atom. The Morgan fingerprint density at radius 3 is 2.80 bits per heavy atom. The number of aromatic nitrogens is 1. The first-order valence-electron chi connectivity index (χ1n) is 4.21. The van der Waals surface area contributed by atoms with Crippen molar-refractivity contribution in [2.45, 2.75) is 6.18 Å². The number of nitrogens with one attached hydrogen (secondary N) is 1. The summed E-state index contributed by atoms with van der Waals surface area (Å²) in [5.74, 6) is 4.99. The van der Waals surface area contributed by atoms with E-state index in [9.17, 15) is 13.2 Å². The molecule has 1 aromatic heterocycles. The van der Waals surface area contributed by atoms with E-state index in [1.807, 2.05) is 0 Å². The zero-order chi connectivity index (χ0) is 11.3. The van der Waals surface area contributed by atoms with Crippen LogP contribution in [0.2, 0.25) is 0 Å². The third-order valence-electron chi connectivity index (χ3n) is 1.56. The topological polar surface area (TPSA) is 24.9 Å². The number of hydrogen-bond donors (Lipinski definition) is 1. The zero-order valence-corrected chi connectivity index (χ0v) is 8.02. The van der Waals surface area contributed by atoms with Gasteiger partial charge in [0, 0.05) is 6.20 Å². The Hall–Kier alpha value is -1.54. The van der Waals surface area contributed by atoms with Crippen LogP contribution in [0.4, 0.5) is 13.2 Å². The summed E-state index contributed by atoms with van der Waals surface area (Å²) in [6.45, 7) is 0.339. The first-order valence-corrected chi connectivity index (χ1v) is 4.21. The van der Waals surface area contributed by atoms with E-state index in [4.69, 9.17) is 0 Å². The first-order chi connectivity index (χ1) is 7.05. The van der Waals surface area contributed by atoms with Crippen molar-refractivity contribution in [1.29, 1.82) is 0 Å². The van der Waals surface area contributed by atoms with E-state index in [0.29, 0.717) is 6.54 Å². The second kappa shape index (κ2) is 4.80. The van der Waals surface area contributed by atoms with E-state index >= 15 is 0 Å². The molecule has 1 N–H and O–H groups in total. The maximum Gasteiger partial charge on any atom is 0.434 e. The Labute approximate surface area is 85.5 Å². The molecule has 0 unspecified atom stereocenters. The summed E-state index contributed by atoms with van der Waals surface area (Å²) in [6, 6.07) is 2.73. The summed E-state index contributed by atoms with van der Waals surface area (Å²) in [6.07, 6.45) is -3.35. The number of nitrogens with zero attached hydrogens (tertiary/aromatic N) is 1. The Morgan fingerprint density at radius 2 is 2.20 bits per heavy atom. The second-order valence-corrected chi connectivity index (χ2v) is 2.73. The van der Waals surface area contributed by atoms with Crippen LogP contribution >= 0.6 is 0 Å². The van der Waals surface area contributed by atoms with Gasteiger partial charge in [-0.05, 0) is 19.2 Å². The van der Waals surface area contributed by atoms with Gasteiger partial charge in [0.1, 0.15) is 0 Å². The van der Waals surface area contributed by atoms with Crippen LogP contribution in [0.3, 0.4) is 0 Å². The summed E-state index contributed by atoms with van der Waals surface area (Å²) in [7, 11) is 1.67. The van der Waals surface area contributed by atoms with Gasteiger partial charge in [-0.1, -0.05) is 11.8 Å². The van der Waals surface area contributed by atoms with Crippen molar-refractivity contribution in [2.24, 2.45) is 0 Å². The molecule has 0 saturated carbocycles. The highest BCUT2D eigenvalue weighted by molar-refractivity contribution is 5.39. The number of hydrogen-bond acceptors (Lipinski definition) is 2. The van der Waals surface area contributed by atoms with Crippen molar-refractivity contribution in [3.05, 3.63) is 29.6 Å². The van der Waals surface area contributed by atoms with Gasteiger partial charge in [0.05, 0.1) is 12.1 Å². The highest BCUT2D eigenvalue weighted by Crippen LogP contribution is 2.29. The highest BCUT2D eigenvalue weighted by Gasteiger charge is 2.34. The van der Waals surface area contributed by atoms with Crippen LogP contribution in [0.1, 0.15) is 11.3 Å². The second-order valence-electron chi connectivity index (χ2n) is 2.73. The molecular formula is C10H9F3N2. The molecule has 0 amide bonds. The number of pyridine rings is 1. The molecule has 0 aliphatic rings. The molecular weight excluding hydrogens is 205 g/mol. The molecule has 0 saturated heterocycles. The van der Waals surface area contributed by atoms with Gasteiger partial charge in [0.15, 0.2) is 5.69 Å². The summed E-state index contributed by atoms with van der Waals surface area (Å²) in [4.78, 5) is 3.28. The lowest BCUT2D eigenvalue weighted by molar-refractivity contribution is -0.141. The van der Waals surface area contributed by atoms with E-state index in [1.54, 1.807) is 7.05 Å². The molecule has 80 valence electrons. The third kappa shape index (κ3) is 3.26. The molecule has 0 aliphatic carbocycles. The van der Waals surface area contributed by atoms with Crippen molar-refractivity contribution < 1.29 is 13.2 Å². The average Bonchev–Trinajstić information content (AvgIpc) is 2.17. The standard InChI is InChI=1S/C10H9F3N2/c1-14-6-2-4-8-5-3-7-15-9(8)10(11,12)13/h3,5,7,14H,6H2,1H3. The fraction of sp³-hybridized carbons (Fsp3) is 0.300. The lowest BCUT2D eigenvalue weighted by atomic mass is 10.2. The van der Waals surface area contributed by atoms with Gasteiger partial charge in [0.25, 0.3) is 0 Å². The van der Waals surface area contributed by atoms with Crippen molar-refractivity contribution in [3.63, 3.8) is 0 Å². The summed E-state index contributed by atoms with van der Waals surface area (Å²) < 4.78 is 37.2. The Bertz CT molecular complexity index is 388. The van der Waals surface area contributed by atoms with Crippen LogP contribution in [-0.2, 0) is 6.18 Å².